The van der Waals surface area contributed by atoms with Crippen molar-refractivity contribution in [1.29, 1.82) is 0 Å². The first-order valence-corrected chi connectivity index (χ1v) is 5.84. The molecule has 16 heavy (non-hydrogen) atoms. The molecule has 0 saturated heterocycles. The van der Waals surface area contributed by atoms with E-state index >= 15 is 0 Å². The number of esters is 1. The van der Waals surface area contributed by atoms with E-state index in [-0.39, 0.29) is 5.97 Å². The molecule has 0 bridgehead atoms. The summed E-state index contributed by atoms with van der Waals surface area (Å²) in [6, 6.07) is 0. The fourth-order valence-electron chi connectivity index (χ4n) is 1.43. The van der Waals surface area contributed by atoms with Gasteiger partial charge < -0.3 is 15.0 Å². The second-order valence-electron chi connectivity index (χ2n) is 5.06. The Labute approximate surface area is 99.3 Å². The topological polar surface area (TPSA) is 41.6 Å². The number of rotatable bonds is 8. The van der Waals surface area contributed by atoms with E-state index in [0.717, 1.165) is 19.5 Å². The van der Waals surface area contributed by atoms with Gasteiger partial charge in [-0.15, -0.1) is 0 Å². The van der Waals surface area contributed by atoms with Crippen LogP contribution in [0.2, 0.25) is 0 Å². The van der Waals surface area contributed by atoms with E-state index in [9.17, 15) is 4.79 Å². The van der Waals surface area contributed by atoms with Crippen molar-refractivity contribution in [2.75, 3.05) is 40.8 Å². The van der Waals surface area contributed by atoms with E-state index in [0.29, 0.717) is 6.54 Å². The van der Waals surface area contributed by atoms with Crippen LogP contribution < -0.4 is 5.32 Å². The summed E-state index contributed by atoms with van der Waals surface area (Å²) in [6.07, 6.45) is 2.31. The number of hydrogen-bond donors (Lipinski definition) is 1. The van der Waals surface area contributed by atoms with Crippen molar-refractivity contribution in [3.05, 3.63) is 0 Å². The zero-order chi connectivity index (χ0) is 12.6. The van der Waals surface area contributed by atoms with Crippen molar-refractivity contribution in [1.82, 2.24) is 10.2 Å². The minimum absolute atomic E-state index is 0.159. The number of ether oxygens (including phenoxy) is 1. The lowest BCUT2D eigenvalue weighted by atomic mass is 9.94. The number of unbranched alkanes of at least 4 members (excludes halogenated alkanes) is 1. The van der Waals surface area contributed by atoms with Crippen LogP contribution in [-0.4, -0.2) is 51.7 Å². The lowest BCUT2D eigenvalue weighted by Gasteiger charge is -2.21. The first-order valence-electron chi connectivity index (χ1n) is 5.84. The Morgan fingerprint density at radius 3 is 2.44 bits per heavy atom. The van der Waals surface area contributed by atoms with Crippen molar-refractivity contribution in [3.63, 3.8) is 0 Å². The van der Waals surface area contributed by atoms with Crippen LogP contribution >= 0.6 is 0 Å². The van der Waals surface area contributed by atoms with Crippen LogP contribution in [0, 0.1) is 5.41 Å². The fourth-order valence-corrected chi connectivity index (χ4v) is 1.43. The van der Waals surface area contributed by atoms with Gasteiger partial charge in [-0.25, -0.2) is 0 Å². The smallest absolute Gasteiger partial charge is 0.312 e. The van der Waals surface area contributed by atoms with Crippen LogP contribution in [-0.2, 0) is 9.53 Å². The van der Waals surface area contributed by atoms with Crippen molar-refractivity contribution in [2.45, 2.75) is 26.7 Å². The number of carbonyl (C=O) groups is 1. The van der Waals surface area contributed by atoms with Crippen molar-refractivity contribution >= 4 is 5.97 Å². The zero-order valence-corrected chi connectivity index (χ0v) is 11.3. The second kappa shape index (κ2) is 7.63. The minimum Gasteiger partial charge on any atom is -0.469 e. The van der Waals surface area contributed by atoms with Crippen LogP contribution in [0.15, 0.2) is 0 Å². The molecule has 0 heterocycles. The molecule has 4 nitrogen and oxygen atoms in total. The van der Waals surface area contributed by atoms with Gasteiger partial charge in [-0.05, 0) is 53.9 Å². The number of carbonyl (C=O) groups excluding carboxylic acids is 1. The van der Waals surface area contributed by atoms with Gasteiger partial charge in [0.25, 0.3) is 0 Å². The molecule has 0 fully saturated rings. The molecule has 0 unspecified atom stereocenters. The summed E-state index contributed by atoms with van der Waals surface area (Å²) in [5.41, 5.74) is -0.434. The van der Waals surface area contributed by atoms with Gasteiger partial charge in [-0.2, -0.15) is 0 Å². The van der Waals surface area contributed by atoms with Gasteiger partial charge in [0.05, 0.1) is 12.5 Å². The van der Waals surface area contributed by atoms with E-state index in [1.165, 1.54) is 13.5 Å². The molecule has 0 aliphatic heterocycles. The molecule has 0 radical (unpaired) electrons. The van der Waals surface area contributed by atoms with Crippen LogP contribution in [0.5, 0.6) is 0 Å². The van der Waals surface area contributed by atoms with Crippen molar-refractivity contribution < 1.29 is 9.53 Å². The van der Waals surface area contributed by atoms with Gasteiger partial charge >= 0.3 is 5.97 Å². The highest BCUT2D eigenvalue weighted by molar-refractivity contribution is 5.75. The first kappa shape index (κ1) is 15.4. The highest BCUT2D eigenvalue weighted by Gasteiger charge is 2.27. The van der Waals surface area contributed by atoms with E-state index in [1.807, 2.05) is 13.8 Å². The number of nitrogens with zero attached hydrogens (tertiary/aromatic N) is 1. The Kier molecular flexibility index (Phi) is 7.34. The van der Waals surface area contributed by atoms with E-state index in [4.69, 9.17) is 4.74 Å². The van der Waals surface area contributed by atoms with E-state index in [1.54, 1.807) is 0 Å². The molecule has 0 aliphatic carbocycles. The maximum absolute atomic E-state index is 11.4. The quantitative estimate of drug-likeness (QED) is 0.501. The van der Waals surface area contributed by atoms with E-state index in [2.05, 4.69) is 24.3 Å². The summed E-state index contributed by atoms with van der Waals surface area (Å²) >= 11 is 0. The van der Waals surface area contributed by atoms with Gasteiger partial charge in [0.1, 0.15) is 0 Å². The van der Waals surface area contributed by atoms with Crippen LogP contribution in [0.1, 0.15) is 26.7 Å². The molecular weight excluding hydrogens is 204 g/mol. The first-order chi connectivity index (χ1) is 7.40. The second-order valence-corrected chi connectivity index (χ2v) is 5.06. The van der Waals surface area contributed by atoms with Gasteiger partial charge in [0, 0.05) is 6.54 Å². The molecule has 0 amide bonds. The van der Waals surface area contributed by atoms with Crippen LogP contribution in [0.25, 0.3) is 0 Å². The van der Waals surface area contributed by atoms with Crippen molar-refractivity contribution in [3.8, 4) is 0 Å². The number of hydrogen-bond acceptors (Lipinski definition) is 4. The van der Waals surface area contributed by atoms with Crippen LogP contribution in [0.4, 0.5) is 0 Å². The standard InChI is InChI=1S/C12H26N2O2/c1-12(2,11(15)16-5)10-13-8-6-7-9-14(3)4/h13H,6-10H2,1-5H3. The van der Waals surface area contributed by atoms with Gasteiger partial charge in [0.15, 0.2) is 0 Å². The van der Waals surface area contributed by atoms with Gasteiger partial charge in [-0.1, -0.05) is 0 Å². The third-order valence-corrected chi connectivity index (χ3v) is 2.51. The Morgan fingerprint density at radius 1 is 1.31 bits per heavy atom. The Hall–Kier alpha value is -0.610. The molecule has 0 atom stereocenters. The summed E-state index contributed by atoms with van der Waals surface area (Å²) in [5.74, 6) is -0.159. The monoisotopic (exact) mass is 230 g/mol. The average Bonchev–Trinajstić information content (AvgIpc) is 2.21. The molecule has 4 heteroatoms. The minimum atomic E-state index is -0.434. The third-order valence-electron chi connectivity index (χ3n) is 2.51. The lowest BCUT2D eigenvalue weighted by molar-refractivity contribution is -0.150. The summed E-state index contributed by atoms with van der Waals surface area (Å²) in [4.78, 5) is 13.6. The molecule has 96 valence electrons. The fraction of sp³-hybridized carbons (Fsp3) is 0.917. The predicted molar refractivity (Wildman–Crippen MR) is 66.5 cm³/mol. The molecular formula is C12H26N2O2. The highest BCUT2D eigenvalue weighted by atomic mass is 16.5. The highest BCUT2D eigenvalue weighted by Crippen LogP contribution is 2.15. The number of methoxy groups -OCH3 is 1. The van der Waals surface area contributed by atoms with Gasteiger partial charge in [0.2, 0.25) is 0 Å². The molecule has 0 rings (SSSR count). The van der Waals surface area contributed by atoms with Gasteiger partial charge in [-0.3, -0.25) is 4.79 Å². The third kappa shape index (κ3) is 6.80. The maximum Gasteiger partial charge on any atom is 0.312 e. The Bertz CT molecular complexity index is 203. The van der Waals surface area contributed by atoms with E-state index < -0.39 is 5.41 Å². The summed E-state index contributed by atoms with van der Waals surface area (Å²) < 4.78 is 4.74. The Morgan fingerprint density at radius 2 is 1.94 bits per heavy atom. The molecule has 0 saturated carbocycles. The summed E-state index contributed by atoms with van der Waals surface area (Å²) in [7, 11) is 5.59. The SMILES string of the molecule is COC(=O)C(C)(C)CNCCCCN(C)C. The predicted octanol–water partition coefficient (Wildman–Crippen LogP) is 1.12. The molecule has 0 spiro atoms. The average molecular weight is 230 g/mol. The number of nitrogens with one attached hydrogen (secondary N) is 1. The summed E-state index contributed by atoms with van der Waals surface area (Å²) in [5, 5.41) is 3.30. The zero-order valence-electron chi connectivity index (χ0n) is 11.3. The Balaban J connectivity index is 3.54. The lowest BCUT2D eigenvalue weighted by Crippen LogP contribution is -2.37. The molecule has 0 aliphatic rings. The largest absolute Gasteiger partial charge is 0.469 e. The normalized spacial score (nSPS) is 11.9. The molecule has 1 N–H and O–H groups in total. The summed E-state index contributed by atoms with van der Waals surface area (Å²) in [6.45, 7) is 6.52. The maximum atomic E-state index is 11.4. The molecule has 0 aromatic heterocycles. The van der Waals surface area contributed by atoms with Crippen LogP contribution in [0.3, 0.4) is 0 Å². The van der Waals surface area contributed by atoms with Crippen molar-refractivity contribution in [2.24, 2.45) is 5.41 Å². The molecule has 0 aromatic rings. The molecule has 0 aromatic carbocycles.